The van der Waals surface area contributed by atoms with Gasteiger partial charge >= 0.3 is 29.4 Å². The maximum Gasteiger partial charge on any atom is 0.490 e. The largest absolute Gasteiger partial charge is 0.490 e. The minimum absolute atomic E-state index is 0.0280. The van der Waals surface area contributed by atoms with Crippen LogP contribution in [0.5, 0.6) is 0 Å². The van der Waals surface area contributed by atoms with E-state index in [4.69, 9.17) is 35.3 Å². The van der Waals surface area contributed by atoms with Gasteiger partial charge in [0.05, 0.1) is 24.8 Å². The first kappa shape index (κ1) is 29.5. The van der Waals surface area contributed by atoms with Crippen LogP contribution in [-0.4, -0.2) is 60.2 Å². The predicted octanol–water partition coefficient (Wildman–Crippen LogP) is 0.733. The third-order valence-electron chi connectivity index (χ3n) is 5.29. The lowest BCUT2D eigenvalue weighted by Gasteiger charge is -2.21. The molecule has 2 aliphatic heterocycles. The number of para-hydroxylation sites is 1. The van der Waals surface area contributed by atoms with Crippen LogP contribution in [0.15, 0.2) is 35.6 Å². The maximum atomic E-state index is 12.8. The van der Waals surface area contributed by atoms with E-state index in [2.05, 4.69) is 23.9 Å². The van der Waals surface area contributed by atoms with Crippen molar-refractivity contribution < 1.29 is 60.7 Å². The molecular formula is C17H23N6O13P3. The summed E-state index contributed by atoms with van der Waals surface area (Å²) < 4.78 is 59.7. The average Bonchev–Trinajstić information content (AvgIpc) is 3.40. The van der Waals surface area contributed by atoms with Crippen LogP contribution in [0.25, 0.3) is 0 Å². The van der Waals surface area contributed by atoms with Crippen molar-refractivity contribution in [1.29, 1.82) is 0 Å². The summed E-state index contributed by atoms with van der Waals surface area (Å²) in [6.07, 6.45) is -1.32. The quantitative estimate of drug-likeness (QED) is 0.110. The van der Waals surface area contributed by atoms with Gasteiger partial charge in [-0.25, -0.2) is 23.5 Å². The van der Waals surface area contributed by atoms with Crippen molar-refractivity contribution in [3.05, 3.63) is 41.9 Å². The second-order valence-corrected chi connectivity index (χ2v) is 12.5. The fraction of sp³-hybridized carbons (Fsp3) is 0.353. The number of aromatic nitrogens is 2. The fourth-order valence-corrected chi connectivity index (χ4v) is 6.74. The number of anilines is 2. The molecule has 9 N–H and O–H groups in total. The monoisotopic (exact) mass is 612 g/mol. The Kier molecular flexibility index (Phi) is 8.45. The smallest absolute Gasteiger partial charge is 0.456 e. The minimum Gasteiger partial charge on any atom is -0.456 e. The molecule has 2 aliphatic rings. The van der Waals surface area contributed by atoms with E-state index in [1.807, 2.05) is 0 Å². The zero-order valence-corrected chi connectivity index (χ0v) is 22.2. The lowest BCUT2D eigenvalue weighted by Crippen LogP contribution is -2.31. The standard InChI is InChI=1S/C17H23N6O13P3/c18-10-4-2-1-3-9(10)17(24)34-11-5-13(23-8-22-14-15(19)20-7-21-16(14)23)33-12(11)6-32-38(28,29)36-39(30,31)35-37(25,26)27/h1-4,7-8,11-13,15H,5-6,18-19H2,(H,20,21)(H,28,29)(H,30,31)(H2,25,26,27)/t11-,12+,13+,15+/m0/s1. The third kappa shape index (κ3) is 7.37. The van der Waals surface area contributed by atoms with E-state index in [1.54, 1.807) is 12.1 Å². The lowest BCUT2D eigenvalue weighted by molar-refractivity contribution is -0.0493. The Labute approximate surface area is 219 Å². The highest BCUT2D eigenvalue weighted by Crippen LogP contribution is 2.66. The van der Waals surface area contributed by atoms with Crippen molar-refractivity contribution in [2.24, 2.45) is 10.7 Å². The maximum absolute atomic E-state index is 12.8. The summed E-state index contributed by atoms with van der Waals surface area (Å²) in [6.45, 7) is -0.853. The van der Waals surface area contributed by atoms with Crippen LogP contribution in [0, 0.1) is 0 Å². The summed E-state index contributed by atoms with van der Waals surface area (Å²) >= 11 is 0. The summed E-state index contributed by atoms with van der Waals surface area (Å²) in [5, 5.41) is 2.88. The van der Waals surface area contributed by atoms with Crippen molar-refractivity contribution in [2.75, 3.05) is 17.7 Å². The fourth-order valence-electron chi connectivity index (χ4n) is 3.71. The van der Waals surface area contributed by atoms with Crippen molar-refractivity contribution in [3.63, 3.8) is 0 Å². The van der Waals surface area contributed by atoms with Gasteiger partial charge in [0.1, 0.15) is 36.1 Å². The molecule has 22 heteroatoms. The molecular weight excluding hydrogens is 589 g/mol. The molecule has 2 unspecified atom stereocenters. The lowest BCUT2D eigenvalue weighted by atomic mass is 10.1. The number of aliphatic imine (C=N–C) groups is 1. The van der Waals surface area contributed by atoms with Crippen molar-refractivity contribution in [2.45, 2.75) is 31.0 Å². The van der Waals surface area contributed by atoms with Crippen LogP contribution < -0.4 is 16.8 Å². The Morgan fingerprint density at radius 1 is 1.15 bits per heavy atom. The van der Waals surface area contributed by atoms with E-state index in [0.29, 0.717) is 11.5 Å². The Hall–Kier alpha value is -2.50. The van der Waals surface area contributed by atoms with E-state index in [9.17, 15) is 28.3 Å². The molecule has 1 aromatic heterocycles. The number of imidazole rings is 1. The summed E-state index contributed by atoms with van der Waals surface area (Å²) in [7, 11) is -16.8. The van der Waals surface area contributed by atoms with Crippen LogP contribution in [0.1, 0.15) is 34.9 Å². The topological polar surface area (TPSA) is 290 Å². The Bertz CT molecular complexity index is 1410. The van der Waals surface area contributed by atoms with Crippen molar-refractivity contribution >= 4 is 47.3 Å². The Morgan fingerprint density at radius 2 is 1.87 bits per heavy atom. The van der Waals surface area contributed by atoms with Crippen LogP contribution in [0.4, 0.5) is 11.5 Å². The zero-order chi connectivity index (χ0) is 28.6. The van der Waals surface area contributed by atoms with Gasteiger partial charge in [-0.1, -0.05) is 12.1 Å². The second kappa shape index (κ2) is 11.2. The number of hydrogen-bond acceptors (Lipinski definition) is 14. The van der Waals surface area contributed by atoms with Gasteiger partial charge < -0.3 is 45.8 Å². The summed E-state index contributed by atoms with van der Waals surface area (Å²) in [5.41, 5.74) is 12.3. The van der Waals surface area contributed by atoms with Crippen LogP contribution in [0.2, 0.25) is 0 Å². The Balaban J connectivity index is 1.52. The molecule has 0 saturated carbocycles. The van der Waals surface area contributed by atoms with Gasteiger partial charge in [0.2, 0.25) is 0 Å². The van der Waals surface area contributed by atoms with Crippen LogP contribution in [0.3, 0.4) is 0 Å². The van der Waals surface area contributed by atoms with Gasteiger partial charge in [-0.05, 0) is 12.1 Å². The number of carbonyl (C=O) groups is 1. The first-order chi connectivity index (χ1) is 18.1. The number of nitrogen functional groups attached to an aromatic ring is 1. The number of fused-ring (bicyclic) bond motifs is 1. The molecule has 6 atom stereocenters. The van der Waals surface area contributed by atoms with Gasteiger partial charge in [-0.15, -0.1) is 0 Å². The Morgan fingerprint density at radius 3 is 2.56 bits per heavy atom. The number of benzene rings is 1. The number of phosphoric ester groups is 1. The van der Waals surface area contributed by atoms with Crippen molar-refractivity contribution in [1.82, 2.24) is 9.55 Å². The number of carbonyl (C=O) groups excluding carboxylic acids is 1. The van der Waals surface area contributed by atoms with Gasteiger partial charge in [-0.3, -0.25) is 14.1 Å². The average molecular weight is 612 g/mol. The summed E-state index contributed by atoms with van der Waals surface area (Å²) in [5.74, 6) is -0.418. The minimum atomic E-state index is -5.74. The van der Waals surface area contributed by atoms with Gasteiger partial charge in [0.15, 0.2) is 0 Å². The van der Waals surface area contributed by atoms with Gasteiger partial charge in [0, 0.05) is 12.1 Å². The molecule has 0 spiro atoms. The molecule has 39 heavy (non-hydrogen) atoms. The highest BCUT2D eigenvalue weighted by Gasteiger charge is 2.45. The SMILES string of the molecule is Nc1ccccc1C(=O)O[C@H]1C[C@H](n2cnc3c2NC=N[C@H]3N)O[C@@H]1COP(=O)(O)OP(=O)(O)OP(=O)(O)O. The molecule has 1 fully saturated rings. The number of phosphoric acid groups is 3. The molecule has 1 saturated heterocycles. The third-order valence-corrected chi connectivity index (χ3v) is 9.09. The van der Waals surface area contributed by atoms with Crippen LogP contribution >= 0.6 is 23.5 Å². The normalized spacial score (nSPS) is 25.8. The van der Waals surface area contributed by atoms with E-state index >= 15 is 0 Å². The molecule has 3 heterocycles. The second-order valence-electron chi connectivity index (χ2n) is 8.04. The van der Waals surface area contributed by atoms with E-state index in [1.165, 1.54) is 29.4 Å². The first-order valence-electron chi connectivity index (χ1n) is 10.7. The number of ether oxygens (including phenoxy) is 2. The number of rotatable bonds is 10. The number of esters is 1. The molecule has 0 aliphatic carbocycles. The van der Waals surface area contributed by atoms with Crippen LogP contribution in [-0.2, 0) is 36.3 Å². The molecule has 4 rings (SSSR count). The molecule has 0 radical (unpaired) electrons. The molecule has 1 aromatic carbocycles. The number of nitrogens with zero attached hydrogens (tertiary/aromatic N) is 3. The summed E-state index contributed by atoms with van der Waals surface area (Å²) in [6, 6.07) is 6.06. The highest BCUT2D eigenvalue weighted by molar-refractivity contribution is 7.66. The number of nitrogens with one attached hydrogen (secondary N) is 1. The molecule has 19 nitrogen and oxygen atoms in total. The summed E-state index contributed by atoms with van der Waals surface area (Å²) in [4.78, 5) is 57.5. The molecule has 2 aromatic rings. The first-order valence-corrected chi connectivity index (χ1v) is 15.3. The molecule has 0 amide bonds. The zero-order valence-electron chi connectivity index (χ0n) is 19.5. The number of nitrogens with two attached hydrogens (primary N) is 2. The van der Waals surface area contributed by atoms with E-state index in [0.717, 1.165) is 0 Å². The molecule has 0 bridgehead atoms. The number of hydrogen-bond donors (Lipinski definition) is 7. The van der Waals surface area contributed by atoms with E-state index < -0.39 is 60.6 Å². The van der Waals surface area contributed by atoms with E-state index in [-0.39, 0.29) is 17.7 Å². The molecule has 214 valence electrons. The van der Waals surface area contributed by atoms with Gasteiger partial charge in [0.25, 0.3) is 0 Å². The predicted molar refractivity (Wildman–Crippen MR) is 130 cm³/mol. The highest BCUT2D eigenvalue weighted by atomic mass is 31.3. The van der Waals surface area contributed by atoms with Gasteiger partial charge in [-0.2, -0.15) is 8.62 Å². The van der Waals surface area contributed by atoms with Crippen molar-refractivity contribution in [3.8, 4) is 0 Å².